The first kappa shape index (κ1) is 26.1. The van der Waals surface area contributed by atoms with Crippen LogP contribution in [0.25, 0.3) is 17.4 Å². The zero-order valence-corrected chi connectivity index (χ0v) is 23.9. The second-order valence-electron chi connectivity index (χ2n) is 9.33. The smallest absolute Gasteiger partial charge is 0.338 e. The number of esters is 1. The number of fused-ring (bicyclic) bond motifs is 1. The lowest BCUT2D eigenvalue weighted by atomic mass is 10.0. The number of carbonyl (C=O) groups excluding carboxylic acids is 1. The molecule has 194 valence electrons. The van der Waals surface area contributed by atoms with Crippen LogP contribution in [0.3, 0.4) is 0 Å². The van der Waals surface area contributed by atoms with Crippen molar-refractivity contribution in [1.82, 2.24) is 4.57 Å². The number of rotatable bonds is 6. The van der Waals surface area contributed by atoms with Gasteiger partial charge in [-0.05, 0) is 61.2 Å². The molecule has 0 N–H and O–H groups in total. The highest BCUT2D eigenvalue weighted by Crippen LogP contribution is 2.34. The number of nitrogens with zero attached hydrogens (tertiary/aromatic N) is 2. The first-order valence-electron chi connectivity index (χ1n) is 12.4. The van der Waals surface area contributed by atoms with E-state index in [-0.39, 0.29) is 12.2 Å². The Labute approximate surface area is 232 Å². The molecule has 0 unspecified atom stereocenters. The number of furan rings is 1. The maximum absolute atomic E-state index is 13.8. The molecule has 2 aromatic carbocycles. The van der Waals surface area contributed by atoms with E-state index in [2.05, 4.69) is 46.9 Å². The molecule has 0 aliphatic carbocycles. The summed E-state index contributed by atoms with van der Waals surface area (Å²) < 4.78 is 14.7. The van der Waals surface area contributed by atoms with Crippen LogP contribution in [-0.4, -0.2) is 17.1 Å². The first-order chi connectivity index (χ1) is 18.3. The lowest BCUT2D eigenvalue weighted by Crippen LogP contribution is -2.39. The molecule has 0 amide bonds. The molecule has 0 bridgehead atoms. The van der Waals surface area contributed by atoms with Crippen LogP contribution in [0.5, 0.6) is 0 Å². The fraction of sp³-hybridized carbons (Fsp3) is 0.233. The van der Waals surface area contributed by atoms with E-state index in [0.29, 0.717) is 38.0 Å². The summed E-state index contributed by atoms with van der Waals surface area (Å²) in [6.45, 7) is 8.02. The minimum Gasteiger partial charge on any atom is -0.463 e. The average Bonchev–Trinajstić information content (AvgIpc) is 3.49. The minimum absolute atomic E-state index is 0.210. The van der Waals surface area contributed by atoms with Crippen molar-refractivity contribution in [2.75, 3.05) is 6.61 Å². The van der Waals surface area contributed by atoms with Gasteiger partial charge in [0.1, 0.15) is 17.6 Å². The highest BCUT2D eigenvalue weighted by atomic mass is 79.9. The Morgan fingerprint density at radius 3 is 2.50 bits per heavy atom. The van der Waals surface area contributed by atoms with Crippen molar-refractivity contribution in [3.63, 3.8) is 0 Å². The monoisotopic (exact) mass is 590 g/mol. The minimum atomic E-state index is -0.792. The molecule has 6 nitrogen and oxygen atoms in total. The lowest BCUT2D eigenvalue weighted by molar-refractivity contribution is -0.139. The van der Waals surface area contributed by atoms with Crippen molar-refractivity contribution in [2.45, 2.75) is 39.7 Å². The fourth-order valence-corrected chi connectivity index (χ4v) is 5.77. The van der Waals surface area contributed by atoms with Crippen molar-refractivity contribution in [2.24, 2.45) is 4.99 Å². The van der Waals surface area contributed by atoms with Crippen molar-refractivity contribution >= 4 is 39.3 Å². The first-order valence-corrected chi connectivity index (χ1v) is 14.0. The van der Waals surface area contributed by atoms with Gasteiger partial charge in [0.25, 0.3) is 5.56 Å². The van der Waals surface area contributed by atoms with Crippen LogP contribution in [-0.2, 0) is 9.53 Å². The summed E-state index contributed by atoms with van der Waals surface area (Å²) in [5.41, 5.74) is 3.61. The van der Waals surface area contributed by atoms with E-state index in [4.69, 9.17) is 9.15 Å². The molecule has 2 aromatic heterocycles. The largest absolute Gasteiger partial charge is 0.463 e. The van der Waals surface area contributed by atoms with Crippen LogP contribution in [0.2, 0.25) is 0 Å². The summed E-state index contributed by atoms with van der Waals surface area (Å²) in [5.74, 6) is 1.01. The zero-order chi connectivity index (χ0) is 27.0. The van der Waals surface area contributed by atoms with Gasteiger partial charge in [-0.15, -0.1) is 0 Å². The number of carbonyl (C=O) groups is 1. The molecule has 1 aliphatic rings. The molecule has 3 heterocycles. The van der Waals surface area contributed by atoms with E-state index in [1.165, 1.54) is 16.9 Å². The topological polar surface area (TPSA) is 73.8 Å². The van der Waals surface area contributed by atoms with Gasteiger partial charge in [-0.25, -0.2) is 9.79 Å². The van der Waals surface area contributed by atoms with E-state index in [1.54, 1.807) is 18.4 Å². The van der Waals surface area contributed by atoms with Crippen LogP contribution in [0.15, 0.2) is 90.6 Å². The Bertz CT molecular complexity index is 1710. The standard InChI is InChI=1S/C30H27BrN2O4S/c1-5-36-29(35)26-18(4)32-30-33(27(26)24-15-14-23(37-24)21-10-12-22(31)13-11-21)28(34)25(38-30)16-19-6-8-20(9-7-19)17(2)3/h6-17,27H,5H2,1-4H3/b25-16-/t27-/m0/s1. The third-order valence-corrected chi connectivity index (χ3v) is 7.95. The summed E-state index contributed by atoms with van der Waals surface area (Å²) in [6, 6.07) is 18.8. The Kier molecular flexibility index (Phi) is 7.36. The Morgan fingerprint density at radius 2 is 1.84 bits per heavy atom. The molecule has 0 saturated carbocycles. The van der Waals surface area contributed by atoms with Crippen molar-refractivity contribution in [3.8, 4) is 11.3 Å². The second kappa shape index (κ2) is 10.7. The average molecular weight is 592 g/mol. The molecular weight excluding hydrogens is 564 g/mol. The van der Waals surface area contributed by atoms with Crippen LogP contribution in [0.1, 0.15) is 56.5 Å². The SMILES string of the molecule is CCOC(=O)C1=C(C)N=c2s/c(=C\c3ccc(C(C)C)cc3)c(=O)n2[C@H]1c1ccc(-c2ccc(Br)cc2)o1. The van der Waals surface area contributed by atoms with Crippen molar-refractivity contribution < 1.29 is 13.9 Å². The molecule has 0 fully saturated rings. The van der Waals surface area contributed by atoms with Gasteiger partial charge in [0.2, 0.25) is 0 Å². The zero-order valence-electron chi connectivity index (χ0n) is 21.5. The molecular formula is C30H27BrN2O4S. The van der Waals surface area contributed by atoms with E-state index in [1.807, 2.05) is 54.6 Å². The van der Waals surface area contributed by atoms with Gasteiger partial charge in [0, 0.05) is 10.0 Å². The predicted molar refractivity (Wildman–Crippen MR) is 153 cm³/mol. The van der Waals surface area contributed by atoms with Gasteiger partial charge in [-0.2, -0.15) is 0 Å². The molecule has 5 rings (SSSR count). The number of hydrogen-bond donors (Lipinski definition) is 0. The van der Waals surface area contributed by atoms with E-state index in [0.717, 1.165) is 15.6 Å². The molecule has 8 heteroatoms. The van der Waals surface area contributed by atoms with Gasteiger partial charge in [0.15, 0.2) is 4.80 Å². The van der Waals surface area contributed by atoms with E-state index in [9.17, 15) is 9.59 Å². The third-order valence-electron chi connectivity index (χ3n) is 6.44. The number of ether oxygens (including phenoxy) is 1. The number of hydrogen-bond acceptors (Lipinski definition) is 6. The second-order valence-corrected chi connectivity index (χ2v) is 11.3. The summed E-state index contributed by atoms with van der Waals surface area (Å²) >= 11 is 4.75. The normalized spacial score (nSPS) is 15.5. The molecule has 0 spiro atoms. The summed E-state index contributed by atoms with van der Waals surface area (Å²) in [5, 5.41) is 0. The number of benzene rings is 2. The fourth-order valence-electron chi connectivity index (χ4n) is 4.46. The maximum Gasteiger partial charge on any atom is 0.338 e. The maximum atomic E-state index is 13.8. The van der Waals surface area contributed by atoms with Crippen LogP contribution in [0.4, 0.5) is 0 Å². The van der Waals surface area contributed by atoms with E-state index < -0.39 is 12.0 Å². The van der Waals surface area contributed by atoms with Gasteiger partial charge >= 0.3 is 5.97 Å². The number of aromatic nitrogens is 1. The third kappa shape index (κ3) is 4.98. The molecule has 1 atom stereocenters. The predicted octanol–water partition coefficient (Wildman–Crippen LogP) is 5.94. The van der Waals surface area contributed by atoms with Crippen molar-refractivity contribution in [3.05, 3.63) is 113 Å². The van der Waals surface area contributed by atoms with Crippen LogP contribution in [0, 0.1) is 0 Å². The Balaban J connectivity index is 1.65. The van der Waals surface area contributed by atoms with Crippen molar-refractivity contribution in [1.29, 1.82) is 0 Å². The van der Waals surface area contributed by atoms with Gasteiger partial charge in [-0.3, -0.25) is 9.36 Å². The van der Waals surface area contributed by atoms with Gasteiger partial charge < -0.3 is 9.15 Å². The quantitative estimate of drug-likeness (QED) is 0.260. The molecule has 1 aliphatic heterocycles. The summed E-state index contributed by atoms with van der Waals surface area (Å²) in [6.07, 6.45) is 1.86. The number of halogens is 1. The van der Waals surface area contributed by atoms with Gasteiger partial charge in [0.05, 0.1) is 22.4 Å². The molecule has 0 saturated heterocycles. The highest BCUT2D eigenvalue weighted by molar-refractivity contribution is 9.10. The Hall–Kier alpha value is -3.49. The number of allylic oxidation sites excluding steroid dienone is 1. The summed E-state index contributed by atoms with van der Waals surface area (Å²) in [7, 11) is 0. The Morgan fingerprint density at radius 1 is 1.13 bits per heavy atom. The highest BCUT2D eigenvalue weighted by Gasteiger charge is 2.35. The number of thiazole rings is 1. The van der Waals surface area contributed by atoms with E-state index >= 15 is 0 Å². The molecule has 4 aromatic rings. The molecule has 38 heavy (non-hydrogen) atoms. The molecule has 0 radical (unpaired) electrons. The van der Waals surface area contributed by atoms with Crippen LogP contribution >= 0.6 is 27.3 Å². The van der Waals surface area contributed by atoms with Gasteiger partial charge in [-0.1, -0.05) is 77.5 Å². The lowest BCUT2D eigenvalue weighted by Gasteiger charge is -2.22. The van der Waals surface area contributed by atoms with Crippen LogP contribution < -0.4 is 14.9 Å². The summed E-state index contributed by atoms with van der Waals surface area (Å²) in [4.78, 5) is 32.0.